The fourth-order valence-corrected chi connectivity index (χ4v) is 2.79. The maximum Gasteiger partial charge on any atom is 0.251 e. The van der Waals surface area contributed by atoms with Crippen LogP contribution in [0.15, 0.2) is 45.3 Å². The molecule has 3 rings (SSSR count). The Morgan fingerprint density at radius 1 is 1.29 bits per heavy atom. The summed E-state index contributed by atoms with van der Waals surface area (Å²) in [4.78, 5) is 13.5. The standard InChI is InChI=1S/C15H13BrN2O2S/c1-9-14(19)18(15(21)17-9)8-12-6-7-13(20-12)10-2-4-11(16)5-3-10/h2-7,9H,8H2,1H3,(H,17,21). The quantitative estimate of drug-likeness (QED) is 0.848. The highest BCUT2D eigenvalue weighted by Crippen LogP contribution is 2.25. The molecule has 1 amide bonds. The number of nitrogens with zero attached hydrogens (tertiary/aromatic N) is 1. The van der Waals surface area contributed by atoms with Gasteiger partial charge in [0.1, 0.15) is 17.6 Å². The number of carbonyl (C=O) groups is 1. The summed E-state index contributed by atoms with van der Waals surface area (Å²) in [5.74, 6) is 1.46. The van der Waals surface area contributed by atoms with Crippen molar-refractivity contribution in [1.29, 1.82) is 0 Å². The van der Waals surface area contributed by atoms with Crippen LogP contribution in [0.2, 0.25) is 0 Å². The molecule has 6 heteroatoms. The van der Waals surface area contributed by atoms with Gasteiger partial charge < -0.3 is 9.73 Å². The molecular weight excluding hydrogens is 352 g/mol. The number of amides is 1. The lowest BCUT2D eigenvalue weighted by molar-refractivity contribution is -0.127. The Morgan fingerprint density at radius 3 is 2.62 bits per heavy atom. The minimum Gasteiger partial charge on any atom is -0.459 e. The van der Waals surface area contributed by atoms with Crippen molar-refractivity contribution in [1.82, 2.24) is 10.2 Å². The van der Waals surface area contributed by atoms with Crippen LogP contribution in [-0.4, -0.2) is 22.0 Å². The second-order valence-electron chi connectivity index (χ2n) is 4.87. The number of carbonyl (C=O) groups excluding carboxylic acids is 1. The first-order valence-electron chi connectivity index (χ1n) is 6.51. The van der Waals surface area contributed by atoms with Crippen LogP contribution >= 0.6 is 28.1 Å². The third-order valence-corrected chi connectivity index (χ3v) is 4.19. The molecule has 1 saturated heterocycles. The summed E-state index contributed by atoms with van der Waals surface area (Å²) in [7, 11) is 0. The van der Waals surface area contributed by atoms with Gasteiger partial charge in [0.2, 0.25) is 0 Å². The zero-order valence-corrected chi connectivity index (χ0v) is 13.7. The number of nitrogens with one attached hydrogen (secondary N) is 1. The molecule has 1 unspecified atom stereocenters. The highest BCUT2D eigenvalue weighted by Gasteiger charge is 2.32. The summed E-state index contributed by atoms with van der Waals surface area (Å²) in [6.45, 7) is 2.15. The number of hydrogen-bond acceptors (Lipinski definition) is 3. The molecule has 2 heterocycles. The average Bonchev–Trinajstić information content (AvgIpc) is 3.01. The summed E-state index contributed by atoms with van der Waals surface area (Å²) < 4.78 is 6.83. The fraction of sp³-hybridized carbons (Fsp3) is 0.200. The molecule has 1 aliphatic rings. The van der Waals surface area contributed by atoms with Crippen LogP contribution in [-0.2, 0) is 11.3 Å². The van der Waals surface area contributed by atoms with E-state index in [1.165, 1.54) is 4.90 Å². The minimum absolute atomic E-state index is 0.0263. The van der Waals surface area contributed by atoms with Crippen molar-refractivity contribution in [3.63, 3.8) is 0 Å². The van der Waals surface area contributed by atoms with Crippen LogP contribution in [0, 0.1) is 0 Å². The van der Waals surface area contributed by atoms with Crippen molar-refractivity contribution >= 4 is 39.2 Å². The third kappa shape index (κ3) is 2.87. The molecule has 0 spiro atoms. The predicted molar refractivity (Wildman–Crippen MR) is 87.6 cm³/mol. The molecule has 2 aromatic rings. The highest BCUT2D eigenvalue weighted by atomic mass is 79.9. The first kappa shape index (κ1) is 14.3. The normalized spacial score (nSPS) is 18.2. The predicted octanol–water partition coefficient (Wildman–Crippen LogP) is 3.31. The number of hydrogen-bond donors (Lipinski definition) is 1. The van der Waals surface area contributed by atoms with Gasteiger partial charge in [-0.15, -0.1) is 0 Å². The van der Waals surface area contributed by atoms with E-state index in [2.05, 4.69) is 21.2 Å². The first-order chi connectivity index (χ1) is 10.0. The molecule has 1 aromatic heterocycles. The number of thiocarbonyl (C=S) groups is 1. The van der Waals surface area contributed by atoms with E-state index < -0.39 is 0 Å². The first-order valence-corrected chi connectivity index (χ1v) is 7.71. The van der Waals surface area contributed by atoms with E-state index >= 15 is 0 Å². The molecule has 108 valence electrons. The zero-order valence-electron chi connectivity index (χ0n) is 11.3. The molecule has 1 aliphatic heterocycles. The van der Waals surface area contributed by atoms with Crippen LogP contribution in [0.1, 0.15) is 12.7 Å². The molecule has 1 N–H and O–H groups in total. The van der Waals surface area contributed by atoms with Crippen LogP contribution in [0.5, 0.6) is 0 Å². The van der Waals surface area contributed by atoms with Gasteiger partial charge in [0.15, 0.2) is 5.11 Å². The Balaban J connectivity index is 1.78. The van der Waals surface area contributed by atoms with Crippen LogP contribution in [0.4, 0.5) is 0 Å². The number of rotatable bonds is 3. The second kappa shape index (κ2) is 5.61. The van der Waals surface area contributed by atoms with E-state index in [0.717, 1.165) is 15.8 Å². The van der Waals surface area contributed by atoms with Crippen molar-refractivity contribution in [2.24, 2.45) is 0 Å². The summed E-state index contributed by atoms with van der Waals surface area (Å²) in [6.07, 6.45) is 0. The molecule has 0 radical (unpaired) electrons. The zero-order chi connectivity index (χ0) is 15.0. The Bertz CT molecular complexity index is 696. The highest BCUT2D eigenvalue weighted by molar-refractivity contribution is 9.10. The SMILES string of the molecule is CC1NC(=S)N(Cc2ccc(-c3ccc(Br)cc3)o2)C1=O. The molecule has 1 aromatic carbocycles. The lowest BCUT2D eigenvalue weighted by Crippen LogP contribution is -2.30. The lowest BCUT2D eigenvalue weighted by atomic mass is 10.2. The molecular formula is C15H13BrN2O2S. The largest absolute Gasteiger partial charge is 0.459 e. The van der Waals surface area contributed by atoms with Gasteiger partial charge in [-0.25, -0.2) is 0 Å². The summed E-state index contributed by atoms with van der Waals surface area (Å²) >= 11 is 8.56. The molecule has 1 fully saturated rings. The minimum atomic E-state index is -0.265. The van der Waals surface area contributed by atoms with Crippen molar-refractivity contribution in [2.75, 3.05) is 0 Å². The molecule has 0 aliphatic carbocycles. The molecule has 0 bridgehead atoms. The summed E-state index contributed by atoms with van der Waals surface area (Å²) in [6, 6.07) is 11.4. The third-order valence-electron chi connectivity index (χ3n) is 3.33. The van der Waals surface area contributed by atoms with Gasteiger partial charge in [-0.1, -0.05) is 28.1 Å². The van der Waals surface area contributed by atoms with Gasteiger partial charge in [0.25, 0.3) is 5.91 Å². The number of halogens is 1. The number of furan rings is 1. The van der Waals surface area contributed by atoms with Crippen molar-refractivity contribution in [3.05, 3.63) is 46.6 Å². The van der Waals surface area contributed by atoms with Gasteiger partial charge >= 0.3 is 0 Å². The maximum absolute atomic E-state index is 12.0. The number of benzene rings is 1. The summed E-state index contributed by atoms with van der Waals surface area (Å²) in [5.41, 5.74) is 0.992. The van der Waals surface area contributed by atoms with E-state index in [-0.39, 0.29) is 11.9 Å². The van der Waals surface area contributed by atoms with Crippen molar-refractivity contribution in [3.8, 4) is 11.3 Å². The van der Waals surface area contributed by atoms with E-state index in [9.17, 15) is 4.79 Å². The Kier molecular flexibility index (Phi) is 3.82. The average molecular weight is 365 g/mol. The van der Waals surface area contributed by atoms with Gasteiger partial charge in [0, 0.05) is 10.0 Å². The van der Waals surface area contributed by atoms with Crippen molar-refractivity contribution < 1.29 is 9.21 Å². The fourth-order valence-electron chi connectivity index (χ4n) is 2.20. The van der Waals surface area contributed by atoms with Gasteiger partial charge in [-0.2, -0.15) is 0 Å². The van der Waals surface area contributed by atoms with Crippen LogP contribution < -0.4 is 5.32 Å². The van der Waals surface area contributed by atoms with E-state index in [1.807, 2.05) is 36.4 Å². The van der Waals surface area contributed by atoms with Crippen molar-refractivity contribution in [2.45, 2.75) is 19.5 Å². The van der Waals surface area contributed by atoms with Crippen LogP contribution in [0.3, 0.4) is 0 Å². The maximum atomic E-state index is 12.0. The molecule has 1 atom stereocenters. The van der Waals surface area contributed by atoms with E-state index in [1.54, 1.807) is 6.92 Å². The monoisotopic (exact) mass is 364 g/mol. The molecule has 4 nitrogen and oxygen atoms in total. The Hall–Kier alpha value is -1.66. The topological polar surface area (TPSA) is 45.5 Å². The Labute approximate surface area is 136 Å². The van der Waals surface area contributed by atoms with E-state index in [4.69, 9.17) is 16.6 Å². The van der Waals surface area contributed by atoms with Gasteiger partial charge in [-0.05, 0) is 43.4 Å². The molecule has 0 saturated carbocycles. The smallest absolute Gasteiger partial charge is 0.251 e. The van der Waals surface area contributed by atoms with Crippen LogP contribution in [0.25, 0.3) is 11.3 Å². The Morgan fingerprint density at radius 2 is 2.00 bits per heavy atom. The lowest BCUT2D eigenvalue weighted by Gasteiger charge is -2.12. The second-order valence-corrected chi connectivity index (χ2v) is 6.17. The van der Waals surface area contributed by atoms with Gasteiger partial charge in [0.05, 0.1) is 6.54 Å². The van der Waals surface area contributed by atoms with Gasteiger partial charge in [-0.3, -0.25) is 9.69 Å². The summed E-state index contributed by atoms with van der Waals surface area (Å²) in [5, 5.41) is 3.40. The molecule has 21 heavy (non-hydrogen) atoms. The van der Waals surface area contributed by atoms with E-state index in [0.29, 0.717) is 17.4 Å².